The maximum absolute atomic E-state index is 13.6. The highest BCUT2D eigenvalue weighted by atomic mass is 35.5. The molecule has 0 spiro atoms. The van der Waals surface area contributed by atoms with Gasteiger partial charge in [0.15, 0.2) is 0 Å². The Bertz CT molecular complexity index is 1060. The van der Waals surface area contributed by atoms with E-state index in [0.29, 0.717) is 6.54 Å². The van der Waals surface area contributed by atoms with Crippen LogP contribution in [-0.2, 0) is 22.3 Å². The quantitative estimate of drug-likeness (QED) is 0.423. The van der Waals surface area contributed by atoms with Gasteiger partial charge in [0.2, 0.25) is 5.91 Å². The predicted octanol–water partition coefficient (Wildman–Crippen LogP) is 5.35. The van der Waals surface area contributed by atoms with E-state index in [-0.39, 0.29) is 48.0 Å². The summed E-state index contributed by atoms with van der Waals surface area (Å²) in [6, 6.07) is 3.63. The van der Waals surface area contributed by atoms with E-state index in [1.165, 1.54) is 30.5 Å². The lowest BCUT2D eigenvalue weighted by atomic mass is 9.75. The van der Waals surface area contributed by atoms with Gasteiger partial charge in [0.05, 0.1) is 17.4 Å². The molecule has 0 aromatic heterocycles. The van der Waals surface area contributed by atoms with Gasteiger partial charge < -0.3 is 10.4 Å². The zero-order valence-electron chi connectivity index (χ0n) is 21.8. The maximum atomic E-state index is 13.6. The summed E-state index contributed by atoms with van der Waals surface area (Å²) in [6.07, 6.45) is 3.78. The molecule has 2 heterocycles. The molecule has 210 valence electrons. The van der Waals surface area contributed by atoms with Crippen molar-refractivity contribution in [1.29, 1.82) is 0 Å². The van der Waals surface area contributed by atoms with Gasteiger partial charge in [-0.15, -0.1) is 0 Å². The van der Waals surface area contributed by atoms with Crippen LogP contribution in [0.3, 0.4) is 0 Å². The number of hydrogen-bond acceptors (Lipinski definition) is 4. The summed E-state index contributed by atoms with van der Waals surface area (Å²) >= 11 is 6.16. The second-order valence-corrected chi connectivity index (χ2v) is 11.6. The molecule has 0 bridgehead atoms. The second-order valence-electron chi connectivity index (χ2n) is 11.2. The Morgan fingerprint density at radius 2 is 1.89 bits per heavy atom. The highest BCUT2D eigenvalue weighted by molar-refractivity contribution is 6.31. The number of hydrogen-bond donors (Lipinski definition) is 2. The van der Waals surface area contributed by atoms with Crippen LogP contribution in [-0.4, -0.2) is 65.5 Å². The van der Waals surface area contributed by atoms with E-state index in [1.54, 1.807) is 11.8 Å². The number of aliphatic carboxylic acids is 1. The monoisotopic (exact) mass is 555 g/mol. The van der Waals surface area contributed by atoms with Crippen molar-refractivity contribution < 1.29 is 27.9 Å². The zero-order valence-corrected chi connectivity index (χ0v) is 22.6. The first-order chi connectivity index (χ1) is 18.0. The number of carboxylic acid groups (broad SMARTS) is 1. The van der Waals surface area contributed by atoms with E-state index in [1.807, 2.05) is 0 Å². The van der Waals surface area contributed by atoms with Crippen molar-refractivity contribution in [2.45, 2.75) is 70.6 Å². The number of amides is 1. The van der Waals surface area contributed by atoms with Crippen LogP contribution < -0.4 is 5.32 Å². The number of rotatable bonds is 8. The number of allylic oxidation sites excluding steroid dienone is 1. The predicted molar refractivity (Wildman–Crippen MR) is 140 cm³/mol. The minimum atomic E-state index is -4.57. The molecule has 38 heavy (non-hydrogen) atoms. The molecule has 10 heteroatoms. The van der Waals surface area contributed by atoms with Crippen molar-refractivity contribution in [3.63, 3.8) is 0 Å². The summed E-state index contributed by atoms with van der Waals surface area (Å²) in [5.41, 5.74) is -0.601. The maximum Gasteiger partial charge on any atom is 0.416 e. The molecule has 0 radical (unpaired) electrons. The van der Waals surface area contributed by atoms with Crippen LogP contribution in [0, 0.1) is 11.3 Å². The summed E-state index contributed by atoms with van der Waals surface area (Å²) in [5.74, 6) is -1.77. The van der Waals surface area contributed by atoms with Crippen LogP contribution in [0.5, 0.6) is 0 Å². The molecule has 1 aromatic carbocycles. The third kappa shape index (κ3) is 6.72. The fraction of sp³-hybridized carbons (Fsp3) is 0.643. The van der Waals surface area contributed by atoms with Crippen molar-refractivity contribution in [1.82, 2.24) is 15.1 Å². The molecule has 6 nitrogen and oxygen atoms in total. The van der Waals surface area contributed by atoms with Crippen molar-refractivity contribution in [3.05, 3.63) is 46.0 Å². The van der Waals surface area contributed by atoms with Crippen molar-refractivity contribution >= 4 is 23.5 Å². The number of alkyl halides is 3. The highest BCUT2D eigenvalue weighted by Gasteiger charge is 2.52. The second kappa shape index (κ2) is 12.0. The summed E-state index contributed by atoms with van der Waals surface area (Å²) in [7, 11) is 0. The first-order valence-corrected chi connectivity index (χ1v) is 13.9. The van der Waals surface area contributed by atoms with E-state index in [9.17, 15) is 27.9 Å². The first kappa shape index (κ1) is 28.9. The van der Waals surface area contributed by atoms with Crippen molar-refractivity contribution in [3.8, 4) is 0 Å². The van der Waals surface area contributed by atoms with Crippen molar-refractivity contribution in [2.75, 3.05) is 32.7 Å². The highest BCUT2D eigenvalue weighted by Crippen LogP contribution is 2.42. The normalized spacial score (nSPS) is 25.8. The zero-order chi connectivity index (χ0) is 27.5. The SMILES string of the molecule is C[C@@H]1CN(Cc2c(Cl)cccc2C(F)(F)F)C[C@@]1(CC(=O)O)C(=O)NC1CCN(CC2=CCCCC2)CC1. The van der Waals surface area contributed by atoms with Gasteiger partial charge in [-0.05, 0) is 62.1 Å². The summed E-state index contributed by atoms with van der Waals surface area (Å²) in [6.45, 7) is 4.75. The average molecular weight is 556 g/mol. The lowest BCUT2D eigenvalue weighted by Gasteiger charge is -2.36. The Hall–Kier alpha value is -2.10. The third-order valence-corrected chi connectivity index (χ3v) is 8.79. The van der Waals surface area contributed by atoms with Gasteiger partial charge in [-0.3, -0.25) is 19.4 Å². The number of carbonyl (C=O) groups is 2. The molecule has 4 rings (SSSR count). The van der Waals surface area contributed by atoms with Crippen LogP contribution in [0.1, 0.15) is 63.0 Å². The van der Waals surface area contributed by atoms with E-state index >= 15 is 0 Å². The van der Waals surface area contributed by atoms with Gasteiger partial charge in [-0.25, -0.2) is 0 Å². The van der Waals surface area contributed by atoms with Gasteiger partial charge >= 0.3 is 12.1 Å². The molecule has 1 aromatic rings. The molecule has 0 unspecified atom stereocenters. The number of piperidine rings is 1. The van der Waals surface area contributed by atoms with E-state index < -0.39 is 23.1 Å². The minimum Gasteiger partial charge on any atom is -0.481 e. The van der Waals surface area contributed by atoms with E-state index in [2.05, 4.69) is 16.3 Å². The van der Waals surface area contributed by atoms with Crippen LogP contribution in [0.15, 0.2) is 29.8 Å². The molecule has 0 saturated carbocycles. The Morgan fingerprint density at radius 1 is 1.16 bits per heavy atom. The molecule has 2 aliphatic heterocycles. The number of benzene rings is 1. The fourth-order valence-electron chi connectivity index (χ4n) is 6.29. The van der Waals surface area contributed by atoms with Gasteiger partial charge in [0, 0.05) is 50.3 Å². The summed E-state index contributed by atoms with van der Waals surface area (Å²) in [5, 5.41) is 12.8. The number of nitrogens with zero attached hydrogens (tertiary/aromatic N) is 2. The molecule has 2 N–H and O–H groups in total. The van der Waals surface area contributed by atoms with Crippen LogP contribution in [0.2, 0.25) is 5.02 Å². The van der Waals surface area contributed by atoms with Gasteiger partial charge in [0.25, 0.3) is 0 Å². The first-order valence-electron chi connectivity index (χ1n) is 13.5. The molecular weight excluding hydrogens is 519 g/mol. The van der Waals surface area contributed by atoms with E-state index in [0.717, 1.165) is 51.4 Å². The Morgan fingerprint density at radius 3 is 2.53 bits per heavy atom. The lowest BCUT2D eigenvalue weighted by molar-refractivity contribution is -0.147. The summed E-state index contributed by atoms with van der Waals surface area (Å²) in [4.78, 5) is 29.6. The van der Waals surface area contributed by atoms with Crippen LogP contribution in [0.25, 0.3) is 0 Å². The number of nitrogens with one attached hydrogen (secondary N) is 1. The summed E-state index contributed by atoms with van der Waals surface area (Å²) < 4.78 is 40.9. The smallest absolute Gasteiger partial charge is 0.416 e. The minimum absolute atomic E-state index is 0.00316. The number of likely N-dealkylation sites (tertiary alicyclic amines) is 2. The van der Waals surface area contributed by atoms with Crippen LogP contribution >= 0.6 is 11.6 Å². The molecule has 3 aliphatic rings. The molecule has 2 atom stereocenters. The van der Waals surface area contributed by atoms with Gasteiger partial charge in [0.1, 0.15) is 0 Å². The van der Waals surface area contributed by atoms with E-state index in [4.69, 9.17) is 11.6 Å². The number of carboxylic acids is 1. The molecule has 1 aliphatic carbocycles. The van der Waals surface area contributed by atoms with Gasteiger partial charge in [-0.2, -0.15) is 13.2 Å². The lowest BCUT2D eigenvalue weighted by Crippen LogP contribution is -2.53. The average Bonchev–Trinajstić information content (AvgIpc) is 3.16. The third-order valence-electron chi connectivity index (χ3n) is 8.44. The Labute approximate surface area is 227 Å². The molecular formula is C28H37ClF3N3O3. The largest absolute Gasteiger partial charge is 0.481 e. The molecule has 2 fully saturated rings. The molecule has 2 saturated heterocycles. The Kier molecular flexibility index (Phi) is 9.10. The van der Waals surface area contributed by atoms with Gasteiger partial charge in [-0.1, -0.05) is 36.2 Å². The number of halogens is 4. The topological polar surface area (TPSA) is 72.9 Å². The fourth-order valence-corrected chi connectivity index (χ4v) is 6.52. The standard InChI is InChI=1S/C28H37ClF3N3O3/c1-19-15-35(17-22-23(28(30,31)32)8-5-9-24(22)29)18-27(19,14-25(36)37)26(38)33-21-10-12-34(13-11-21)16-20-6-3-2-4-7-20/h5-6,8-9,19,21H,2-4,7,10-18H2,1H3,(H,33,38)(H,36,37)/t19-,27-/m1/s1. The van der Waals surface area contributed by atoms with Crippen LogP contribution in [0.4, 0.5) is 13.2 Å². The molecule has 1 amide bonds. The number of carbonyl (C=O) groups excluding carboxylic acids is 1. The Balaban J connectivity index is 1.42. The van der Waals surface area contributed by atoms with Crippen molar-refractivity contribution in [2.24, 2.45) is 11.3 Å².